The molecule has 98 valence electrons. The first-order chi connectivity index (χ1) is 7.99. The van der Waals surface area contributed by atoms with E-state index in [1.165, 1.54) is 4.31 Å². The molecule has 0 saturated carbocycles. The maximum absolute atomic E-state index is 11.9. The van der Waals surface area contributed by atoms with E-state index in [4.69, 9.17) is 0 Å². The predicted octanol–water partition coefficient (Wildman–Crippen LogP) is 1.46. The SMILES string of the molecule is CCCCS(=O)(=O)N(C)Cc1cnn(CC)c1. The summed E-state index contributed by atoms with van der Waals surface area (Å²) in [4.78, 5) is 0. The third-order valence-corrected chi connectivity index (χ3v) is 4.53. The van der Waals surface area contributed by atoms with Gasteiger partial charge in [-0.1, -0.05) is 13.3 Å². The molecule has 6 heteroatoms. The standard InChI is InChI=1S/C11H21N3O2S/c1-4-6-7-17(15,16)13(3)9-11-8-12-14(5-2)10-11/h8,10H,4-7,9H2,1-3H3. The van der Waals surface area contributed by atoms with Gasteiger partial charge >= 0.3 is 0 Å². The molecule has 17 heavy (non-hydrogen) atoms. The van der Waals surface area contributed by atoms with Gasteiger partial charge in [-0.25, -0.2) is 12.7 Å². The van der Waals surface area contributed by atoms with Crippen molar-refractivity contribution >= 4 is 10.0 Å². The monoisotopic (exact) mass is 259 g/mol. The molecule has 1 aromatic rings. The van der Waals surface area contributed by atoms with Crippen LogP contribution in [0.25, 0.3) is 0 Å². The van der Waals surface area contributed by atoms with Gasteiger partial charge in [-0.05, 0) is 13.3 Å². The third-order valence-electron chi connectivity index (χ3n) is 2.65. The van der Waals surface area contributed by atoms with Crippen molar-refractivity contribution in [3.63, 3.8) is 0 Å². The number of rotatable bonds is 7. The van der Waals surface area contributed by atoms with Crippen molar-refractivity contribution in [3.05, 3.63) is 18.0 Å². The molecule has 1 heterocycles. The van der Waals surface area contributed by atoms with Gasteiger partial charge in [0.25, 0.3) is 0 Å². The summed E-state index contributed by atoms with van der Waals surface area (Å²) in [6, 6.07) is 0. The molecule has 0 fully saturated rings. The largest absolute Gasteiger partial charge is 0.273 e. The number of aryl methyl sites for hydroxylation is 1. The van der Waals surface area contributed by atoms with E-state index in [1.807, 2.05) is 20.0 Å². The normalized spacial score (nSPS) is 12.2. The van der Waals surface area contributed by atoms with Crippen LogP contribution in [0.2, 0.25) is 0 Å². The molecule has 0 aromatic carbocycles. The Morgan fingerprint density at radius 3 is 2.65 bits per heavy atom. The summed E-state index contributed by atoms with van der Waals surface area (Å²) in [5, 5.41) is 4.13. The molecule has 0 radical (unpaired) electrons. The zero-order valence-corrected chi connectivity index (χ0v) is 11.6. The van der Waals surface area contributed by atoms with Gasteiger partial charge in [0.15, 0.2) is 0 Å². The summed E-state index contributed by atoms with van der Waals surface area (Å²) in [6.07, 6.45) is 5.20. The number of unbranched alkanes of at least 4 members (excludes halogenated alkanes) is 1. The maximum atomic E-state index is 11.9. The van der Waals surface area contributed by atoms with Crippen molar-refractivity contribution < 1.29 is 8.42 Å². The van der Waals surface area contributed by atoms with Gasteiger partial charge in [-0.2, -0.15) is 5.10 Å². The molecule has 0 aliphatic carbocycles. The summed E-state index contributed by atoms with van der Waals surface area (Å²) in [6.45, 7) is 5.18. The molecule has 0 atom stereocenters. The molecule has 0 aliphatic rings. The number of nitrogens with zero attached hydrogens (tertiary/aromatic N) is 3. The van der Waals surface area contributed by atoms with Crippen LogP contribution in [0, 0.1) is 0 Å². The van der Waals surface area contributed by atoms with Crippen LogP contribution >= 0.6 is 0 Å². The number of hydrogen-bond donors (Lipinski definition) is 0. The van der Waals surface area contributed by atoms with Crippen molar-refractivity contribution in [2.45, 2.75) is 39.8 Å². The quantitative estimate of drug-likeness (QED) is 0.745. The Balaban J connectivity index is 2.61. The second kappa shape index (κ2) is 6.16. The second-order valence-electron chi connectivity index (χ2n) is 4.13. The van der Waals surface area contributed by atoms with E-state index in [1.54, 1.807) is 17.9 Å². The molecular formula is C11H21N3O2S. The van der Waals surface area contributed by atoms with Crippen LogP contribution in [0.5, 0.6) is 0 Å². The second-order valence-corrected chi connectivity index (χ2v) is 6.33. The summed E-state index contributed by atoms with van der Waals surface area (Å²) in [5.41, 5.74) is 0.925. The Morgan fingerprint density at radius 2 is 2.12 bits per heavy atom. The lowest BCUT2D eigenvalue weighted by molar-refractivity contribution is 0.464. The van der Waals surface area contributed by atoms with E-state index in [9.17, 15) is 8.42 Å². The minimum Gasteiger partial charge on any atom is -0.273 e. The van der Waals surface area contributed by atoms with Crippen LogP contribution < -0.4 is 0 Å². The topological polar surface area (TPSA) is 55.2 Å². The highest BCUT2D eigenvalue weighted by Gasteiger charge is 2.17. The van der Waals surface area contributed by atoms with E-state index in [-0.39, 0.29) is 5.75 Å². The highest BCUT2D eigenvalue weighted by Crippen LogP contribution is 2.08. The highest BCUT2D eigenvalue weighted by atomic mass is 32.2. The lowest BCUT2D eigenvalue weighted by Crippen LogP contribution is -2.28. The number of sulfonamides is 1. The lowest BCUT2D eigenvalue weighted by Gasteiger charge is -2.15. The van der Waals surface area contributed by atoms with E-state index < -0.39 is 10.0 Å². The van der Waals surface area contributed by atoms with Crippen LogP contribution in [-0.4, -0.2) is 35.3 Å². The molecule has 1 rings (SSSR count). The molecule has 0 bridgehead atoms. The molecule has 0 unspecified atom stereocenters. The Morgan fingerprint density at radius 1 is 1.41 bits per heavy atom. The first-order valence-corrected chi connectivity index (χ1v) is 7.55. The van der Waals surface area contributed by atoms with E-state index in [0.29, 0.717) is 13.0 Å². The van der Waals surface area contributed by atoms with E-state index >= 15 is 0 Å². The molecule has 0 aliphatic heterocycles. The molecular weight excluding hydrogens is 238 g/mol. The van der Waals surface area contributed by atoms with Gasteiger partial charge in [0.05, 0.1) is 11.9 Å². The summed E-state index contributed by atoms with van der Waals surface area (Å²) < 4.78 is 26.9. The predicted molar refractivity (Wildman–Crippen MR) is 68.1 cm³/mol. The van der Waals surface area contributed by atoms with Gasteiger partial charge < -0.3 is 0 Å². The summed E-state index contributed by atoms with van der Waals surface area (Å²) in [7, 11) is -1.50. The van der Waals surface area contributed by atoms with Crippen LogP contribution in [0.4, 0.5) is 0 Å². The smallest absolute Gasteiger partial charge is 0.214 e. The van der Waals surface area contributed by atoms with E-state index in [2.05, 4.69) is 5.10 Å². The van der Waals surface area contributed by atoms with Crippen molar-refractivity contribution in [2.24, 2.45) is 0 Å². The molecule has 1 aromatic heterocycles. The van der Waals surface area contributed by atoms with Crippen LogP contribution in [0.1, 0.15) is 32.3 Å². The van der Waals surface area contributed by atoms with Crippen molar-refractivity contribution in [1.29, 1.82) is 0 Å². The molecule has 0 saturated heterocycles. The Hall–Kier alpha value is -0.880. The maximum Gasteiger partial charge on any atom is 0.214 e. The number of hydrogen-bond acceptors (Lipinski definition) is 3. The Kier molecular flexibility index (Phi) is 5.14. The van der Waals surface area contributed by atoms with Crippen molar-refractivity contribution in [3.8, 4) is 0 Å². The summed E-state index contributed by atoms with van der Waals surface area (Å²) in [5.74, 6) is 0.224. The lowest BCUT2D eigenvalue weighted by atomic mass is 10.4. The van der Waals surface area contributed by atoms with Crippen molar-refractivity contribution in [1.82, 2.24) is 14.1 Å². The molecule has 5 nitrogen and oxygen atoms in total. The van der Waals surface area contributed by atoms with Gasteiger partial charge in [-0.3, -0.25) is 4.68 Å². The molecule has 0 spiro atoms. The fourth-order valence-corrected chi connectivity index (χ4v) is 2.81. The fourth-order valence-electron chi connectivity index (χ4n) is 1.50. The van der Waals surface area contributed by atoms with Gasteiger partial charge in [-0.15, -0.1) is 0 Å². The molecule has 0 N–H and O–H groups in total. The van der Waals surface area contributed by atoms with Crippen molar-refractivity contribution in [2.75, 3.05) is 12.8 Å². The Labute approximate surface area is 103 Å². The molecule has 0 amide bonds. The van der Waals surface area contributed by atoms with Crippen LogP contribution in [-0.2, 0) is 23.1 Å². The summed E-state index contributed by atoms with van der Waals surface area (Å²) >= 11 is 0. The van der Waals surface area contributed by atoms with Crippen LogP contribution in [0.15, 0.2) is 12.4 Å². The minimum atomic E-state index is -3.12. The highest BCUT2D eigenvalue weighted by molar-refractivity contribution is 7.89. The van der Waals surface area contributed by atoms with Gasteiger partial charge in [0.1, 0.15) is 0 Å². The van der Waals surface area contributed by atoms with Gasteiger partial charge in [0, 0.05) is 31.9 Å². The van der Waals surface area contributed by atoms with Crippen LogP contribution in [0.3, 0.4) is 0 Å². The average molecular weight is 259 g/mol. The first-order valence-electron chi connectivity index (χ1n) is 5.95. The Bertz CT molecular complexity index is 439. The number of aromatic nitrogens is 2. The van der Waals surface area contributed by atoms with Gasteiger partial charge in [0.2, 0.25) is 10.0 Å². The zero-order chi connectivity index (χ0) is 12.9. The minimum absolute atomic E-state index is 0.224. The first kappa shape index (κ1) is 14.2. The van der Waals surface area contributed by atoms with E-state index in [0.717, 1.165) is 18.5 Å². The zero-order valence-electron chi connectivity index (χ0n) is 10.8. The third kappa shape index (κ3) is 4.12. The fraction of sp³-hybridized carbons (Fsp3) is 0.727. The average Bonchev–Trinajstić information content (AvgIpc) is 2.74.